The molecule has 1 heterocycles. The van der Waals surface area contributed by atoms with Gasteiger partial charge in [-0.05, 0) is 31.5 Å². The number of hydrogen-bond acceptors (Lipinski definition) is 2. The van der Waals surface area contributed by atoms with Gasteiger partial charge in [0.15, 0.2) is 0 Å². The van der Waals surface area contributed by atoms with Gasteiger partial charge >= 0.3 is 0 Å². The largest absolute Gasteiger partial charge is 0.384 e. The van der Waals surface area contributed by atoms with Crippen molar-refractivity contribution in [1.82, 2.24) is 4.90 Å². The van der Waals surface area contributed by atoms with Gasteiger partial charge in [0, 0.05) is 12.1 Å². The molecule has 0 spiro atoms. The molecule has 0 saturated carbocycles. The summed E-state index contributed by atoms with van der Waals surface area (Å²) in [5.74, 6) is 0.174. The second-order valence-electron chi connectivity index (χ2n) is 4.41. The Kier molecular flexibility index (Phi) is 5.45. The number of piperidine rings is 1. The molecule has 94 valence electrons. The highest BCUT2D eigenvalue weighted by Crippen LogP contribution is 2.15. The third kappa shape index (κ3) is 3.72. The van der Waals surface area contributed by atoms with Crippen LogP contribution in [0.3, 0.4) is 0 Å². The number of hydrogen-bond donors (Lipinski definition) is 2. The lowest BCUT2D eigenvalue weighted by atomic mass is 10.0. The summed E-state index contributed by atoms with van der Waals surface area (Å²) in [4.78, 5) is 2.45. The summed E-state index contributed by atoms with van der Waals surface area (Å²) in [6, 6.07) is 7.97. The summed E-state index contributed by atoms with van der Waals surface area (Å²) in [5.41, 5.74) is 7.64. The molecular formula is C13H20ClN3. The number of amidine groups is 1. The Bertz CT molecular complexity index is 373. The fourth-order valence-corrected chi connectivity index (χ4v) is 2.28. The van der Waals surface area contributed by atoms with E-state index in [1.54, 1.807) is 0 Å². The zero-order valence-electron chi connectivity index (χ0n) is 9.98. The lowest BCUT2D eigenvalue weighted by Crippen LogP contribution is -2.30. The van der Waals surface area contributed by atoms with Gasteiger partial charge in [-0.2, -0.15) is 0 Å². The van der Waals surface area contributed by atoms with Crippen LogP contribution in [0.15, 0.2) is 24.3 Å². The summed E-state index contributed by atoms with van der Waals surface area (Å²) in [5, 5.41) is 7.55. The molecule has 4 heteroatoms. The number of benzene rings is 1. The molecule has 3 N–H and O–H groups in total. The van der Waals surface area contributed by atoms with Crippen molar-refractivity contribution < 1.29 is 0 Å². The number of halogens is 1. The van der Waals surface area contributed by atoms with Gasteiger partial charge in [0.2, 0.25) is 0 Å². The minimum Gasteiger partial charge on any atom is -0.384 e. The summed E-state index contributed by atoms with van der Waals surface area (Å²) in [7, 11) is 0. The van der Waals surface area contributed by atoms with E-state index in [2.05, 4.69) is 11.0 Å². The molecule has 1 aromatic carbocycles. The Morgan fingerprint density at radius 2 is 1.82 bits per heavy atom. The zero-order valence-corrected chi connectivity index (χ0v) is 10.8. The van der Waals surface area contributed by atoms with E-state index in [1.807, 2.05) is 18.2 Å². The van der Waals surface area contributed by atoms with E-state index in [-0.39, 0.29) is 18.2 Å². The van der Waals surface area contributed by atoms with Gasteiger partial charge in [-0.25, -0.2) is 0 Å². The van der Waals surface area contributed by atoms with Crippen LogP contribution in [-0.2, 0) is 6.54 Å². The van der Waals surface area contributed by atoms with Crippen LogP contribution in [0.5, 0.6) is 0 Å². The number of nitrogen functional groups attached to an aromatic ring is 1. The first kappa shape index (κ1) is 14.0. The van der Waals surface area contributed by atoms with Crippen LogP contribution in [0, 0.1) is 5.41 Å². The van der Waals surface area contributed by atoms with Gasteiger partial charge in [0.1, 0.15) is 5.84 Å². The molecule has 1 aliphatic rings. The lowest BCUT2D eigenvalue weighted by Gasteiger charge is -2.27. The van der Waals surface area contributed by atoms with Crippen molar-refractivity contribution >= 4 is 18.2 Å². The SMILES string of the molecule is Cl.N=C(N)c1ccccc1CN1CCCCC1. The monoisotopic (exact) mass is 253 g/mol. The van der Waals surface area contributed by atoms with E-state index in [0.29, 0.717) is 0 Å². The molecule has 0 radical (unpaired) electrons. The maximum absolute atomic E-state index is 7.55. The van der Waals surface area contributed by atoms with Crippen LogP contribution in [-0.4, -0.2) is 23.8 Å². The average Bonchev–Trinajstić information content (AvgIpc) is 2.31. The molecule has 0 amide bonds. The average molecular weight is 254 g/mol. The molecule has 1 saturated heterocycles. The van der Waals surface area contributed by atoms with Crippen molar-refractivity contribution in [3.63, 3.8) is 0 Å². The number of nitrogens with zero attached hydrogens (tertiary/aromatic N) is 1. The number of nitrogens with two attached hydrogens (primary N) is 1. The van der Waals surface area contributed by atoms with Crippen molar-refractivity contribution in [1.29, 1.82) is 5.41 Å². The molecule has 1 aliphatic heterocycles. The van der Waals surface area contributed by atoms with E-state index >= 15 is 0 Å². The van der Waals surface area contributed by atoms with Gasteiger partial charge in [0.05, 0.1) is 0 Å². The molecular weight excluding hydrogens is 234 g/mol. The summed E-state index contributed by atoms with van der Waals surface area (Å²) in [6.07, 6.45) is 3.94. The first-order chi connectivity index (χ1) is 7.77. The highest BCUT2D eigenvalue weighted by molar-refractivity contribution is 5.96. The Labute approximate surface area is 109 Å². The molecule has 1 aromatic rings. The molecule has 2 rings (SSSR count). The molecule has 3 nitrogen and oxygen atoms in total. The maximum atomic E-state index is 7.55. The van der Waals surface area contributed by atoms with Gasteiger partial charge in [-0.3, -0.25) is 10.3 Å². The Morgan fingerprint density at radius 3 is 2.47 bits per heavy atom. The minimum atomic E-state index is 0. The first-order valence-electron chi connectivity index (χ1n) is 5.92. The van der Waals surface area contributed by atoms with Crippen LogP contribution >= 0.6 is 12.4 Å². The molecule has 0 atom stereocenters. The predicted octanol–water partition coefficient (Wildman–Crippen LogP) is 2.38. The normalized spacial score (nSPS) is 16.2. The van der Waals surface area contributed by atoms with Crippen LogP contribution in [0.1, 0.15) is 30.4 Å². The predicted molar refractivity (Wildman–Crippen MR) is 73.8 cm³/mol. The molecule has 0 aliphatic carbocycles. The standard InChI is InChI=1S/C13H19N3.ClH/c14-13(15)12-7-3-2-6-11(12)10-16-8-4-1-5-9-16;/h2-3,6-7H,1,4-5,8-10H2,(H3,14,15);1H. The van der Waals surface area contributed by atoms with Crippen molar-refractivity contribution in [2.24, 2.45) is 5.73 Å². The number of likely N-dealkylation sites (tertiary alicyclic amines) is 1. The van der Waals surface area contributed by atoms with Gasteiger partial charge < -0.3 is 5.73 Å². The zero-order chi connectivity index (χ0) is 11.4. The minimum absolute atomic E-state index is 0. The van der Waals surface area contributed by atoms with E-state index in [1.165, 1.54) is 37.9 Å². The number of nitrogens with one attached hydrogen (secondary N) is 1. The van der Waals surface area contributed by atoms with E-state index in [9.17, 15) is 0 Å². The van der Waals surface area contributed by atoms with Crippen LogP contribution in [0.25, 0.3) is 0 Å². The topological polar surface area (TPSA) is 53.1 Å². The third-order valence-corrected chi connectivity index (χ3v) is 3.15. The van der Waals surface area contributed by atoms with Crippen molar-refractivity contribution in [2.75, 3.05) is 13.1 Å². The molecule has 0 bridgehead atoms. The Balaban J connectivity index is 0.00000144. The molecule has 1 fully saturated rings. The van der Waals surface area contributed by atoms with Crippen LogP contribution < -0.4 is 5.73 Å². The van der Waals surface area contributed by atoms with Gasteiger partial charge in [-0.1, -0.05) is 30.7 Å². The van der Waals surface area contributed by atoms with E-state index in [0.717, 1.165) is 12.1 Å². The van der Waals surface area contributed by atoms with Crippen LogP contribution in [0.4, 0.5) is 0 Å². The van der Waals surface area contributed by atoms with Crippen molar-refractivity contribution in [3.05, 3.63) is 35.4 Å². The highest BCUT2D eigenvalue weighted by atomic mass is 35.5. The third-order valence-electron chi connectivity index (χ3n) is 3.15. The van der Waals surface area contributed by atoms with Crippen molar-refractivity contribution in [3.8, 4) is 0 Å². The van der Waals surface area contributed by atoms with E-state index in [4.69, 9.17) is 11.1 Å². The Morgan fingerprint density at radius 1 is 1.18 bits per heavy atom. The Hall–Kier alpha value is -1.06. The summed E-state index contributed by atoms with van der Waals surface area (Å²) in [6.45, 7) is 3.27. The van der Waals surface area contributed by atoms with E-state index < -0.39 is 0 Å². The fraction of sp³-hybridized carbons (Fsp3) is 0.462. The lowest BCUT2D eigenvalue weighted by molar-refractivity contribution is 0.221. The van der Waals surface area contributed by atoms with Gasteiger partial charge in [0.25, 0.3) is 0 Å². The molecule has 17 heavy (non-hydrogen) atoms. The van der Waals surface area contributed by atoms with Crippen LogP contribution in [0.2, 0.25) is 0 Å². The smallest absolute Gasteiger partial charge is 0.123 e. The highest BCUT2D eigenvalue weighted by Gasteiger charge is 2.12. The summed E-state index contributed by atoms with van der Waals surface area (Å²) >= 11 is 0. The second kappa shape index (κ2) is 6.62. The fourth-order valence-electron chi connectivity index (χ4n) is 2.28. The van der Waals surface area contributed by atoms with Gasteiger partial charge in [-0.15, -0.1) is 12.4 Å². The second-order valence-corrected chi connectivity index (χ2v) is 4.41. The first-order valence-corrected chi connectivity index (χ1v) is 5.92. The molecule has 0 unspecified atom stereocenters. The quantitative estimate of drug-likeness (QED) is 0.642. The maximum Gasteiger partial charge on any atom is 0.123 e. The number of rotatable bonds is 3. The van der Waals surface area contributed by atoms with Crippen molar-refractivity contribution in [2.45, 2.75) is 25.8 Å². The summed E-state index contributed by atoms with van der Waals surface area (Å²) < 4.78 is 0. The molecule has 0 aromatic heterocycles.